The highest BCUT2D eigenvalue weighted by Gasteiger charge is 2.24. The van der Waals surface area contributed by atoms with Crippen LogP contribution in [0.25, 0.3) is 0 Å². The molecule has 20 heavy (non-hydrogen) atoms. The molecule has 0 aliphatic heterocycles. The van der Waals surface area contributed by atoms with Gasteiger partial charge in [0, 0.05) is 11.6 Å². The first-order chi connectivity index (χ1) is 9.40. The number of benzene rings is 1. The number of Topliss-reactive ketones (excluding diaryl/α,β-unsaturated/α-hetero) is 1. The predicted octanol–water partition coefficient (Wildman–Crippen LogP) is 0.849. The number of carboxylic acids is 1. The molecule has 2 N–H and O–H groups in total. The van der Waals surface area contributed by atoms with Gasteiger partial charge in [0.05, 0.1) is 24.5 Å². The van der Waals surface area contributed by atoms with E-state index in [0.29, 0.717) is 0 Å². The summed E-state index contributed by atoms with van der Waals surface area (Å²) in [5, 5.41) is 22.2. The molecule has 1 rings (SSSR count). The highest BCUT2D eigenvalue weighted by molar-refractivity contribution is 6.02. The van der Waals surface area contributed by atoms with Crippen molar-refractivity contribution in [3.05, 3.63) is 33.9 Å². The zero-order valence-corrected chi connectivity index (χ0v) is 11.0. The zero-order chi connectivity index (χ0) is 15.3. The first-order valence-corrected chi connectivity index (χ1v) is 5.66. The third-order valence-corrected chi connectivity index (χ3v) is 2.70. The monoisotopic (exact) mass is 282 g/mol. The van der Waals surface area contributed by atoms with Gasteiger partial charge in [-0.2, -0.15) is 0 Å². The van der Waals surface area contributed by atoms with Gasteiger partial charge in [-0.1, -0.05) is 0 Å². The summed E-state index contributed by atoms with van der Waals surface area (Å²) < 4.78 is 4.83. The third-order valence-electron chi connectivity index (χ3n) is 2.70. The molecular formula is C12H14N2O6. The molecule has 0 saturated heterocycles. The second-order valence-corrected chi connectivity index (χ2v) is 3.95. The molecule has 0 radical (unpaired) electrons. The largest absolute Gasteiger partial charge is 0.490 e. The zero-order valence-electron chi connectivity index (χ0n) is 11.0. The fourth-order valence-corrected chi connectivity index (χ4v) is 1.69. The van der Waals surface area contributed by atoms with Gasteiger partial charge in [0.15, 0.2) is 11.5 Å². The molecular weight excluding hydrogens is 268 g/mol. The number of methoxy groups -OCH3 is 1. The van der Waals surface area contributed by atoms with E-state index < -0.39 is 29.1 Å². The van der Waals surface area contributed by atoms with Crippen molar-refractivity contribution in [1.82, 2.24) is 5.32 Å². The van der Waals surface area contributed by atoms with E-state index in [1.807, 2.05) is 0 Å². The number of nitrogens with zero attached hydrogens (tertiary/aromatic N) is 1. The summed E-state index contributed by atoms with van der Waals surface area (Å²) in [6, 6.07) is 2.80. The van der Waals surface area contributed by atoms with E-state index in [9.17, 15) is 19.7 Å². The minimum absolute atomic E-state index is 0.0331. The summed E-state index contributed by atoms with van der Waals surface area (Å²) in [5.74, 6) is -1.63. The number of likely N-dealkylation sites (N-methyl/N-ethyl adjacent to an activating group) is 1. The number of rotatable bonds is 7. The molecule has 0 aromatic heterocycles. The van der Waals surface area contributed by atoms with Crippen LogP contribution in [0.1, 0.15) is 16.8 Å². The van der Waals surface area contributed by atoms with E-state index in [-0.39, 0.29) is 17.0 Å². The predicted molar refractivity (Wildman–Crippen MR) is 69.1 cm³/mol. The fourth-order valence-electron chi connectivity index (χ4n) is 1.69. The number of carboxylic acid groups (broad SMARTS) is 1. The maximum absolute atomic E-state index is 12.1. The van der Waals surface area contributed by atoms with Crippen LogP contribution in [-0.2, 0) is 4.79 Å². The van der Waals surface area contributed by atoms with Gasteiger partial charge >= 0.3 is 11.7 Å². The topological polar surface area (TPSA) is 119 Å². The lowest BCUT2D eigenvalue weighted by Gasteiger charge is -2.13. The summed E-state index contributed by atoms with van der Waals surface area (Å²) in [5.41, 5.74) is -0.290. The maximum Gasteiger partial charge on any atom is 0.311 e. The molecule has 0 fully saturated rings. The lowest BCUT2D eigenvalue weighted by Crippen LogP contribution is -2.36. The number of nitrogens with one attached hydrogen (secondary N) is 1. The molecule has 8 heteroatoms. The highest BCUT2D eigenvalue weighted by Crippen LogP contribution is 2.28. The Morgan fingerprint density at radius 3 is 2.60 bits per heavy atom. The van der Waals surface area contributed by atoms with E-state index in [1.165, 1.54) is 26.3 Å². The molecule has 0 heterocycles. The van der Waals surface area contributed by atoms with Crippen LogP contribution in [0.5, 0.6) is 5.75 Å². The summed E-state index contributed by atoms with van der Waals surface area (Å²) in [7, 11) is 2.73. The molecule has 8 nitrogen and oxygen atoms in total. The van der Waals surface area contributed by atoms with Crippen molar-refractivity contribution in [2.24, 2.45) is 0 Å². The Labute approximate surface area is 114 Å². The van der Waals surface area contributed by atoms with Crippen LogP contribution >= 0.6 is 0 Å². The minimum atomic E-state index is -1.14. The Morgan fingerprint density at radius 1 is 1.50 bits per heavy atom. The standard InChI is InChI=1S/C12H14N2O6/c1-13-8(6-11(15)16)12(17)7-3-4-10(20-2)9(5-7)14(18)19/h3-5,8,13H,6H2,1-2H3,(H,15,16). The van der Waals surface area contributed by atoms with Crippen molar-refractivity contribution in [2.45, 2.75) is 12.5 Å². The van der Waals surface area contributed by atoms with E-state index in [1.54, 1.807) is 0 Å². The van der Waals surface area contributed by atoms with Gasteiger partial charge in [0.25, 0.3) is 0 Å². The van der Waals surface area contributed by atoms with Crippen molar-refractivity contribution in [2.75, 3.05) is 14.2 Å². The second kappa shape index (κ2) is 6.62. The van der Waals surface area contributed by atoms with Crippen LogP contribution in [0.3, 0.4) is 0 Å². The SMILES string of the molecule is CNC(CC(=O)O)C(=O)c1ccc(OC)c([N+](=O)[O-])c1. The number of nitro groups is 1. The molecule has 0 aliphatic carbocycles. The summed E-state index contributed by atoms with van der Waals surface area (Å²) in [6.45, 7) is 0. The lowest BCUT2D eigenvalue weighted by atomic mass is 10.0. The van der Waals surface area contributed by atoms with E-state index in [2.05, 4.69) is 5.32 Å². The van der Waals surface area contributed by atoms with E-state index in [0.717, 1.165) is 6.07 Å². The number of aliphatic carboxylic acids is 1. The molecule has 108 valence electrons. The molecule has 1 aromatic rings. The Kier molecular flexibility index (Phi) is 5.15. The molecule has 1 aromatic carbocycles. The molecule has 0 bridgehead atoms. The van der Waals surface area contributed by atoms with Gasteiger partial charge < -0.3 is 15.2 Å². The summed E-state index contributed by atoms with van der Waals surface area (Å²) >= 11 is 0. The normalized spacial score (nSPS) is 11.7. The van der Waals surface area contributed by atoms with Crippen LogP contribution in [0, 0.1) is 10.1 Å². The molecule has 0 spiro atoms. The van der Waals surface area contributed by atoms with E-state index in [4.69, 9.17) is 9.84 Å². The third kappa shape index (κ3) is 3.51. The molecule has 0 amide bonds. The highest BCUT2D eigenvalue weighted by atomic mass is 16.6. The van der Waals surface area contributed by atoms with E-state index >= 15 is 0 Å². The van der Waals surface area contributed by atoms with Crippen LogP contribution < -0.4 is 10.1 Å². The van der Waals surface area contributed by atoms with Gasteiger partial charge in [-0.25, -0.2) is 0 Å². The van der Waals surface area contributed by atoms with Crippen LogP contribution in [-0.4, -0.2) is 42.0 Å². The smallest absolute Gasteiger partial charge is 0.311 e. The average molecular weight is 282 g/mol. The summed E-state index contributed by atoms with van der Waals surface area (Å²) in [6.07, 6.45) is -0.408. The first-order valence-electron chi connectivity index (χ1n) is 5.66. The quantitative estimate of drug-likeness (QED) is 0.432. The van der Waals surface area contributed by atoms with Crippen LogP contribution in [0.15, 0.2) is 18.2 Å². The molecule has 1 atom stereocenters. The number of carbonyl (C=O) groups is 2. The molecule has 0 saturated carbocycles. The first kappa shape index (κ1) is 15.6. The van der Waals surface area contributed by atoms with Crippen molar-refractivity contribution < 1.29 is 24.4 Å². The number of hydrogen-bond donors (Lipinski definition) is 2. The second-order valence-electron chi connectivity index (χ2n) is 3.95. The Balaban J connectivity index is 3.12. The van der Waals surface area contributed by atoms with Gasteiger partial charge in [-0.05, 0) is 19.2 Å². The van der Waals surface area contributed by atoms with Crippen molar-refractivity contribution in [1.29, 1.82) is 0 Å². The Hall–Kier alpha value is -2.48. The number of carbonyl (C=O) groups excluding carboxylic acids is 1. The van der Waals surface area contributed by atoms with Crippen molar-refractivity contribution in [3.8, 4) is 5.75 Å². The fraction of sp³-hybridized carbons (Fsp3) is 0.333. The van der Waals surface area contributed by atoms with Gasteiger partial charge in [0.2, 0.25) is 0 Å². The molecule has 0 aliphatic rings. The Morgan fingerprint density at radius 2 is 2.15 bits per heavy atom. The average Bonchev–Trinajstić information content (AvgIpc) is 2.42. The summed E-state index contributed by atoms with van der Waals surface area (Å²) in [4.78, 5) is 33.0. The number of hydrogen-bond acceptors (Lipinski definition) is 6. The van der Waals surface area contributed by atoms with Crippen LogP contribution in [0.4, 0.5) is 5.69 Å². The maximum atomic E-state index is 12.1. The number of nitro benzene ring substituents is 1. The minimum Gasteiger partial charge on any atom is -0.490 e. The number of ketones is 1. The van der Waals surface area contributed by atoms with Gasteiger partial charge in [-0.15, -0.1) is 0 Å². The molecule has 1 unspecified atom stereocenters. The van der Waals surface area contributed by atoms with Crippen LogP contribution in [0.2, 0.25) is 0 Å². The van der Waals surface area contributed by atoms with Gasteiger partial charge in [-0.3, -0.25) is 19.7 Å². The van der Waals surface area contributed by atoms with Gasteiger partial charge in [0.1, 0.15) is 0 Å². The van der Waals surface area contributed by atoms with Crippen molar-refractivity contribution >= 4 is 17.4 Å². The van der Waals surface area contributed by atoms with Crippen molar-refractivity contribution in [3.63, 3.8) is 0 Å². The lowest BCUT2D eigenvalue weighted by molar-refractivity contribution is -0.385. The number of ether oxygens (including phenoxy) is 1. The Bertz CT molecular complexity index is 543.